The molecular weight excluding hydrogens is 356 g/mol. The zero-order chi connectivity index (χ0) is 19.8. The molecule has 1 aromatic rings. The maximum atomic E-state index is 11.9. The van der Waals surface area contributed by atoms with E-state index in [1.54, 1.807) is 13.2 Å². The van der Waals surface area contributed by atoms with Gasteiger partial charge in [0.05, 0.1) is 13.2 Å². The Hall–Kier alpha value is -1.95. The molecule has 2 amide bonds. The van der Waals surface area contributed by atoms with Crippen LogP contribution in [-0.4, -0.2) is 41.2 Å². The molecule has 1 aromatic carbocycles. The van der Waals surface area contributed by atoms with Gasteiger partial charge in [0.2, 0.25) is 5.91 Å². The lowest BCUT2D eigenvalue weighted by Gasteiger charge is -2.39. The molecule has 2 atom stereocenters. The van der Waals surface area contributed by atoms with Crippen molar-refractivity contribution in [2.45, 2.75) is 58.5 Å². The number of rotatable bonds is 4. The van der Waals surface area contributed by atoms with E-state index in [2.05, 4.69) is 5.32 Å². The van der Waals surface area contributed by atoms with Crippen molar-refractivity contribution < 1.29 is 19.4 Å². The van der Waals surface area contributed by atoms with Gasteiger partial charge >= 0.3 is 6.09 Å². The normalized spacial score (nSPS) is 18.4. The number of carboxylic acid groups (broad SMARTS) is 1. The van der Waals surface area contributed by atoms with Gasteiger partial charge in [0.25, 0.3) is 0 Å². The molecule has 1 heterocycles. The van der Waals surface area contributed by atoms with Crippen LogP contribution in [0.1, 0.15) is 62.8 Å². The Morgan fingerprint density at radius 3 is 2.50 bits per heavy atom. The first-order valence-corrected chi connectivity index (χ1v) is 9.02. The van der Waals surface area contributed by atoms with Crippen molar-refractivity contribution in [3.05, 3.63) is 27.8 Å². The summed E-state index contributed by atoms with van der Waals surface area (Å²) in [5, 5.41) is 13.1. The van der Waals surface area contributed by atoms with Crippen LogP contribution in [0.4, 0.5) is 4.79 Å². The predicted octanol–water partition coefficient (Wildman–Crippen LogP) is 4.10. The molecule has 2 N–H and O–H groups in total. The highest BCUT2D eigenvalue weighted by Crippen LogP contribution is 2.44. The zero-order valence-corrected chi connectivity index (χ0v) is 16.9. The number of nitrogens with one attached hydrogen (secondary N) is 1. The van der Waals surface area contributed by atoms with E-state index in [9.17, 15) is 14.7 Å². The third-order valence-corrected chi connectivity index (χ3v) is 5.30. The molecule has 0 aromatic heterocycles. The minimum atomic E-state index is -1.01. The molecule has 0 radical (unpaired) electrons. The monoisotopic (exact) mass is 382 g/mol. The lowest BCUT2D eigenvalue weighted by Crippen LogP contribution is -2.46. The summed E-state index contributed by atoms with van der Waals surface area (Å²) >= 11 is 6.48. The SMILES string of the molecule is COc1c(C(C)N(C(=O)O)C(C)(C)C)cc(Cl)c(C)c1C1CNC(=O)C1. The van der Waals surface area contributed by atoms with Crippen LogP contribution in [0.15, 0.2) is 6.07 Å². The fourth-order valence-electron chi connectivity index (χ4n) is 3.78. The fourth-order valence-corrected chi connectivity index (χ4v) is 4.00. The van der Waals surface area contributed by atoms with Crippen molar-refractivity contribution in [3.8, 4) is 5.75 Å². The van der Waals surface area contributed by atoms with Crippen LogP contribution in [-0.2, 0) is 4.79 Å². The van der Waals surface area contributed by atoms with Crippen LogP contribution >= 0.6 is 11.6 Å². The largest absolute Gasteiger partial charge is 0.496 e. The Morgan fingerprint density at radius 2 is 2.08 bits per heavy atom. The lowest BCUT2D eigenvalue weighted by atomic mass is 9.88. The number of ether oxygens (including phenoxy) is 1. The Labute approximate surface area is 159 Å². The predicted molar refractivity (Wildman–Crippen MR) is 101 cm³/mol. The summed E-state index contributed by atoms with van der Waals surface area (Å²) in [5.41, 5.74) is 1.84. The van der Waals surface area contributed by atoms with Gasteiger partial charge in [-0.1, -0.05) is 11.6 Å². The fraction of sp³-hybridized carbons (Fsp3) is 0.579. The van der Waals surface area contributed by atoms with Gasteiger partial charge in [-0.2, -0.15) is 0 Å². The number of methoxy groups -OCH3 is 1. The third-order valence-electron chi connectivity index (χ3n) is 4.91. The van der Waals surface area contributed by atoms with E-state index in [4.69, 9.17) is 16.3 Å². The Balaban J connectivity index is 2.63. The van der Waals surface area contributed by atoms with E-state index in [0.29, 0.717) is 29.3 Å². The molecule has 2 rings (SSSR count). The molecule has 6 nitrogen and oxygen atoms in total. The van der Waals surface area contributed by atoms with Crippen LogP contribution in [0.2, 0.25) is 5.02 Å². The number of carbonyl (C=O) groups excluding carboxylic acids is 1. The first-order valence-electron chi connectivity index (χ1n) is 8.64. The van der Waals surface area contributed by atoms with Crippen molar-refractivity contribution in [3.63, 3.8) is 0 Å². The Morgan fingerprint density at radius 1 is 1.46 bits per heavy atom. The van der Waals surface area contributed by atoms with Crippen LogP contribution in [0.5, 0.6) is 5.75 Å². The first-order chi connectivity index (χ1) is 12.0. The highest BCUT2D eigenvalue weighted by atomic mass is 35.5. The zero-order valence-electron chi connectivity index (χ0n) is 16.1. The topological polar surface area (TPSA) is 78.9 Å². The molecule has 7 heteroatoms. The minimum absolute atomic E-state index is 0.00659. The number of nitrogens with zero attached hydrogens (tertiary/aromatic N) is 1. The van der Waals surface area contributed by atoms with Gasteiger partial charge < -0.3 is 15.2 Å². The highest BCUT2D eigenvalue weighted by molar-refractivity contribution is 6.31. The Bertz CT molecular complexity index is 727. The van der Waals surface area contributed by atoms with E-state index in [1.165, 1.54) is 4.90 Å². The van der Waals surface area contributed by atoms with Crippen molar-refractivity contribution in [1.29, 1.82) is 0 Å². The first kappa shape index (κ1) is 20.4. The second kappa shape index (κ2) is 7.35. The summed E-state index contributed by atoms with van der Waals surface area (Å²) < 4.78 is 5.71. The molecule has 1 saturated heterocycles. The van der Waals surface area contributed by atoms with Crippen LogP contribution in [0.25, 0.3) is 0 Å². The number of benzene rings is 1. The summed E-state index contributed by atoms with van der Waals surface area (Å²) in [6.45, 7) is 9.79. The van der Waals surface area contributed by atoms with Gasteiger partial charge in [0.1, 0.15) is 5.75 Å². The summed E-state index contributed by atoms with van der Waals surface area (Å²) in [5.74, 6) is 0.555. The van der Waals surface area contributed by atoms with Crippen molar-refractivity contribution in [1.82, 2.24) is 10.2 Å². The number of hydrogen-bond acceptors (Lipinski definition) is 3. The van der Waals surface area contributed by atoms with Gasteiger partial charge in [-0.25, -0.2) is 4.79 Å². The van der Waals surface area contributed by atoms with E-state index < -0.39 is 17.7 Å². The molecule has 0 aliphatic carbocycles. The molecular formula is C19H27ClN2O4. The van der Waals surface area contributed by atoms with Crippen molar-refractivity contribution in [2.24, 2.45) is 0 Å². The molecule has 1 fully saturated rings. The number of carbonyl (C=O) groups is 2. The summed E-state index contributed by atoms with van der Waals surface area (Å²) in [7, 11) is 1.56. The average molecular weight is 383 g/mol. The molecule has 1 aliphatic rings. The Kier molecular flexibility index (Phi) is 5.76. The van der Waals surface area contributed by atoms with Gasteiger partial charge in [0.15, 0.2) is 0 Å². The molecule has 1 aliphatic heterocycles. The van der Waals surface area contributed by atoms with Crippen LogP contribution in [0.3, 0.4) is 0 Å². The van der Waals surface area contributed by atoms with Gasteiger partial charge in [-0.15, -0.1) is 0 Å². The van der Waals surface area contributed by atoms with Crippen LogP contribution in [0, 0.1) is 6.92 Å². The van der Waals surface area contributed by atoms with E-state index in [-0.39, 0.29) is 11.8 Å². The second-order valence-corrected chi connectivity index (χ2v) is 8.13. The van der Waals surface area contributed by atoms with Crippen LogP contribution < -0.4 is 10.1 Å². The number of amides is 2. The van der Waals surface area contributed by atoms with Gasteiger partial charge in [-0.3, -0.25) is 9.69 Å². The summed E-state index contributed by atoms with van der Waals surface area (Å²) in [6, 6.07) is 1.31. The smallest absolute Gasteiger partial charge is 0.408 e. The summed E-state index contributed by atoms with van der Waals surface area (Å²) in [4.78, 5) is 25.0. The highest BCUT2D eigenvalue weighted by Gasteiger charge is 2.36. The quantitative estimate of drug-likeness (QED) is 0.821. The maximum absolute atomic E-state index is 11.9. The second-order valence-electron chi connectivity index (χ2n) is 7.72. The van der Waals surface area contributed by atoms with E-state index in [0.717, 1.165) is 11.1 Å². The number of hydrogen-bond donors (Lipinski definition) is 2. The minimum Gasteiger partial charge on any atom is -0.496 e. The molecule has 0 bridgehead atoms. The lowest BCUT2D eigenvalue weighted by molar-refractivity contribution is -0.119. The van der Waals surface area contributed by atoms with Gasteiger partial charge in [-0.05, 0) is 46.2 Å². The van der Waals surface area contributed by atoms with Crippen molar-refractivity contribution in [2.75, 3.05) is 13.7 Å². The molecule has 0 saturated carbocycles. The molecule has 26 heavy (non-hydrogen) atoms. The molecule has 144 valence electrons. The summed E-state index contributed by atoms with van der Waals surface area (Å²) in [6.07, 6.45) is -0.643. The van der Waals surface area contributed by atoms with Crippen molar-refractivity contribution >= 4 is 23.6 Å². The van der Waals surface area contributed by atoms with Gasteiger partial charge in [0, 0.05) is 40.6 Å². The molecule has 0 spiro atoms. The third kappa shape index (κ3) is 3.75. The average Bonchev–Trinajstić information content (AvgIpc) is 2.93. The molecule has 2 unspecified atom stereocenters. The van der Waals surface area contributed by atoms with E-state index in [1.807, 2.05) is 34.6 Å². The number of halogens is 1. The maximum Gasteiger partial charge on any atom is 0.408 e. The van der Waals surface area contributed by atoms with E-state index >= 15 is 0 Å². The standard InChI is InChI=1S/C19H27ClN2O4/c1-10-14(20)8-13(11(2)22(18(24)25)19(3,4)5)17(26-6)16(10)12-7-15(23)21-9-12/h8,11-12H,7,9H2,1-6H3,(H,21,23)(H,24,25).